The summed E-state index contributed by atoms with van der Waals surface area (Å²) in [6.07, 6.45) is 1.81. The first-order chi connectivity index (χ1) is 9.21. The van der Waals surface area contributed by atoms with Crippen LogP contribution in [-0.2, 0) is 5.88 Å². The molecule has 0 aliphatic carbocycles. The highest BCUT2D eigenvalue weighted by Crippen LogP contribution is 2.30. The number of alkyl halides is 1. The molecule has 19 heavy (non-hydrogen) atoms. The summed E-state index contributed by atoms with van der Waals surface area (Å²) in [4.78, 5) is 0. The van der Waals surface area contributed by atoms with Crippen molar-refractivity contribution in [1.29, 1.82) is 0 Å². The first-order valence-corrected chi connectivity index (χ1v) is 6.97. The van der Waals surface area contributed by atoms with Gasteiger partial charge in [0, 0.05) is 16.3 Å². The van der Waals surface area contributed by atoms with Gasteiger partial charge in [-0.3, -0.25) is 0 Å². The number of hydrogen-bond acceptors (Lipinski definition) is 0. The van der Waals surface area contributed by atoms with Crippen LogP contribution < -0.4 is 0 Å². The van der Waals surface area contributed by atoms with Crippen LogP contribution in [0.15, 0.2) is 49.0 Å². The average molecular weight is 287 g/mol. The summed E-state index contributed by atoms with van der Waals surface area (Å²) in [7, 11) is 0. The van der Waals surface area contributed by atoms with Crippen LogP contribution in [0.1, 0.15) is 11.1 Å². The van der Waals surface area contributed by atoms with Crippen molar-refractivity contribution in [1.82, 2.24) is 0 Å². The highest BCUT2D eigenvalue weighted by molar-refractivity contribution is 6.36. The number of halogens is 2. The molecule has 0 unspecified atom stereocenters. The van der Waals surface area contributed by atoms with Gasteiger partial charge in [0.1, 0.15) is 0 Å². The van der Waals surface area contributed by atoms with Gasteiger partial charge in [0.25, 0.3) is 0 Å². The molecular formula is C17H12Cl2. The van der Waals surface area contributed by atoms with E-state index in [-0.39, 0.29) is 0 Å². The molecule has 0 aliphatic rings. The van der Waals surface area contributed by atoms with Gasteiger partial charge >= 0.3 is 0 Å². The summed E-state index contributed by atoms with van der Waals surface area (Å²) in [5.74, 6) is 0.525. The van der Waals surface area contributed by atoms with E-state index in [1.54, 1.807) is 0 Å². The summed E-state index contributed by atoms with van der Waals surface area (Å²) in [5, 5.41) is 5.31. The normalized spacial score (nSPS) is 11.1. The van der Waals surface area contributed by atoms with E-state index in [0.717, 1.165) is 26.9 Å². The third kappa shape index (κ3) is 2.22. The lowest BCUT2D eigenvalue weighted by Gasteiger charge is -2.07. The van der Waals surface area contributed by atoms with Crippen molar-refractivity contribution in [3.8, 4) is 0 Å². The van der Waals surface area contributed by atoms with E-state index in [1.807, 2.05) is 12.1 Å². The van der Waals surface area contributed by atoms with Gasteiger partial charge in [-0.1, -0.05) is 36.4 Å². The molecule has 0 aromatic heterocycles. The van der Waals surface area contributed by atoms with Gasteiger partial charge in [-0.05, 0) is 57.6 Å². The van der Waals surface area contributed by atoms with Crippen LogP contribution in [-0.4, -0.2) is 0 Å². The van der Waals surface area contributed by atoms with Crippen molar-refractivity contribution in [2.24, 2.45) is 0 Å². The van der Waals surface area contributed by atoms with E-state index in [9.17, 15) is 0 Å². The fourth-order valence-electron chi connectivity index (χ4n) is 2.34. The standard InChI is InChI=1S/C17H12Cl2/c1-2-11-5-15-8-13-4-3-12(10-18)6-14(13)9-16(15)17(19)7-11/h2-9H,1,10H2. The molecule has 3 aromatic rings. The molecule has 0 saturated carbocycles. The predicted octanol–water partition coefficient (Wildman–Crippen LogP) is 6.03. The number of rotatable bonds is 2. The van der Waals surface area contributed by atoms with Crippen molar-refractivity contribution in [2.75, 3.05) is 0 Å². The highest BCUT2D eigenvalue weighted by atomic mass is 35.5. The smallest absolute Gasteiger partial charge is 0.0490 e. The van der Waals surface area contributed by atoms with E-state index in [1.165, 1.54) is 10.8 Å². The van der Waals surface area contributed by atoms with E-state index in [2.05, 4.69) is 43.0 Å². The zero-order valence-electron chi connectivity index (χ0n) is 10.3. The third-order valence-electron chi connectivity index (χ3n) is 3.34. The first kappa shape index (κ1) is 12.5. The first-order valence-electron chi connectivity index (χ1n) is 6.05. The Hall–Kier alpha value is -1.50. The van der Waals surface area contributed by atoms with Crippen LogP contribution >= 0.6 is 23.2 Å². The minimum atomic E-state index is 0.525. The summed E-state index contributed by atoms with van der Waals surface area (Å²) in [6, 6.07) is 14.6. The van der Waals surface area contributed by atoms with Crippen molar-refractivity contribution in [3.05, 3.63) is 65.2 Å². The maximum atomic E-state index is 6.34. The summed E-state index contributed by atoms with van der Waals surface area (Å²) in [5.41, 5.74) is 2.15. The second kappa shape index (κ2) is 4.88. The van der Waals surface area contributed by atoms with E-state index in [4.69, 9.17) is 23.2 Å². The Balaban J connectivity index is 2.37. The highest BCUT2D eigenvalue weighted by Gasteiger charge is 2.04. The average Bonchev–Trinajstić information content (AvgIpc) is 2.44. The largest absolute Gasteiger partial charge is 0.122 e. The SMILES string of the molecule is C=Cc1cc(Cl)c2cc3cc(CCl)ccc3cc2c1. The minimum absolute atomic E-state index is 0.525. The second-order valence-electron chi connectivity index (χ2n) is 4.60. The maximum absolute atomic E-state index is 6.34. The zero-order valence-corrected chi connectivity index (χ0v) is 11.8. The molecule has 0 nitrogen and oxygen atoms in total. The van der Waals surface area contributed by atoms with Gasteiger partial charge in [-0.25, -0.2) is 0 Å². The van der Waals surface area contributed by atoms with Crippen LogP contribution in [0.3, 0.4) is 0 Å². The van der Waals surface area contributed by atoms with Crippen molar-refractivity contribution in [2.45, 2.75) is 5.88 Å². The van der Waals surface area contributed by atoms with Crippen LogP contribution in [0.4, 0.5) is 0 Å². The lowest BCUT2D eigenvalue weighted by Crippen LogP contribution is -1.82. The summed E-state index contributed by atoms with van der Waals surface area (Å²) in [6.45, 7) is 3.79. The molecule has 0 spiro atoms. The van der Waals surface area contributed by atoms with Crippen LogP contribution in [0.2, 0.25) is 5.02 Å². The Morgan fingerprint density at radius 3 is 2.53 bits per heavy atom. The Bertz CT molecular complexity index is 788. The molecule has 0 saturated heterocycles. The molecule has 0 heterocycles. The molecule has 3 rings (SSSR count). The predicted molar refractivity (Wildman–Crippen MR) is 86.1 cm³/mol. The fourth-order valence-corrected chi connectivity index (χ4v) is 2.79. The van der Waals surface area contributed by atoms with Crippen LogP contribution in [0, 0.1) is 0 Å². The molecule has 94 valence electrons. The number of benzene rings is 3. The minimum Gasteiger partial charge on any atom is -0.122 e. The van der Waals surface area contributed by atoms with Crippen molar-refractivity contribution in [3.63, 3.8) is 0 Å². The van der Waals surface area contributed by atoms with Gasteiger partial charge in [-0.2, -0.15) is 0 Å². The van der Waals surface area contributed by atoms with Crippen molar-refractivity contribution < 1.29 is 0 Å². The summed E-state index contributed by atoms with van der Waals surface area (Å²) < 4.78 is 0. The molecule has 0 bridgehead atoms. The Kier molecular flexibility index (Phi) is 3.22. The molecule has 0 radical (unpaired) electrons. The fraction of sp³-hybridized carbons (Fsp3) is 0.0588. The second-order valence-corrected chi connectivity index (χ2v) is 5.27. The Morgan fingerprint density at radius 1 is 0.947 bits per heavy atom. The molecule has 3 aromatic carbocycles. The van der Waals surface area contributed by atoms with E-state index >= 15 is 0 Å². The van der Waals surface area contributed by atoms with E-state index < -0.39 is 0 Å². The quantitative estimate of drug-likeness (QED) is 0.399. The van der Waals surface area contributed by atoms with Gasteiger partial charge in [-0.15, -0.1) is 11.6 Å². The third-order valence-corrected chi connectivity index (χ3v) is 3.96. The molecule has 0 fully saturated rings. The maximum Gasteiger partial charge on any atom is 0.0490 e. The zero-order chi connectivity index (χ0) is 13.4. The topological polar surface area (TPSA) is 0 Å². The van der Waals surface area contributed by atoms with Gasteiger partial charge in [0.05, 0.1) is 0 Å². The van der Waals surface area contributed by atoms with Crippen LogP contribution in [0.5, 0.6) is 0 Å². The molecule has 2 heteroatoms. The van der Waals surface area contributed by atoms with Gasteiger partial charge in [0.15, 0.2) is 0 Å². The van der Waals surface area contributed by atoms with Gasteiger partial charge in [0.2, 0.25) is 0 Å². The molecular weight excluding hydrogens is 275 g/mol. The van der Waals surface area contributed by atoms with Crippen molar-refractivity contribution >= 4 is 50.8 Å². The molecule has 0 aliphatic heterocycles. The Morgan fingerprint density at radius 2 is 1.79 bits per heavy atom. The lowest BCUT2D eigenvalue weighted by molar-refractivity contribution is 1.43. The number of hydrogen-bond donors (Lipinski definition) is 0. The summed E-state index contributed by atoms with van der Waals surface area (Å²) >= 11 is 12.2. The van der Waals surface area contributed by atoms with E-state index in [0.29, 0.717) is 5.88 Å². The number of fused-ring (bicyclic) bond motifs is 2. The Labute approximate surface area is 122 Å². The monoisotopic (exact) mass is 286 g/mol. The van der Waals surface area contributed by atoms with Crippen LogP contribution in [0.25, 0.3) is 27.6 Å². The molecule has 0 amide bonds. The molecule has 0 N–H and O–H groups in total. The lowest BCUT2D eigenvalue weighted by atomic mass is 10.0. The molecule has 0 atom stereocenters. The van der Waals surface area contributed by atoms with Gasteiger partial charge < -0.3 is 0 Å².